The number of hydrogen-bond acceptors (Lipinski definition) is 5. The highest BCUT2D eigenvalue weighted by molar-refractivity contribution is 7.89. The zero-order chi connectivity index (χ0) is 24.9. The molecule has 0 saturated carbocycles. The van der Waals surface area contributed by atoms with Crippen LogP contribution in [0.3, 0.4) is 0 Å². The monoisotopic (exact) mass is 536 g/mol. The molecule has 2 aromatic heterocycles. The van der Waals surface area contributed by atoms with Crippen LogP contribution in [-0.4, -0.2) is 39.1 Å². The number of benzene rings is 3. The van der Waals surface area contributed by atoms with Crippen molar-refractivity contribution < 1.29 is 8.42 Å². The van der Waals surface area contributed by atoms with E-state index in [9.17, 15) is 8.42 Å². The molecule has 0 radical (unpaired) electrons. The van der Waals surface area contributed by atoms with Gasteiger partial charge in [-0.3, -0.25) is 0 Å². The Labute approximate surface area is 219 Å². The Morgan fingerprint density at radius 1 is 0.972 bits per heavy atom. The largest absolute Gasteiger partial charge is 0.340 e. The summed E-state index contributed by atoms with van der Waals surface area (Å²) in [4.78, 5) is 0.253. The first-order chi connectivity index (χ1) is 17.4. The average molecular weight is 537 g/mol. The minimum absolute atomic E-state index is 0.253. The van der Waals surface area contributed by atoms with E-state index in [0.29, 0.717) is 30.0 Å². The van der Waals surface area contributed by atoms with Crippen molar-refractivity contribution in [2.75, 3.05) is 13.1 Å². The third-order valence-corrected chi connectivity index (χ3v) is 9.99. The van der Waals surface area contributed by atoms with E-state index in [-0.39, 0.29) is 4.90 Å². The van der Waals surface area contributed by atoms with Gasteiger partial charge in [-0.25, -0.2) is 8.42 Å². The van der Waals surface area contributed by atoms with Crippen molar-refractivity contribution in [3.63, 3.8) is 0 Å². The van der Waals surface area contributed by atoms with Crippen molar-refractivity contribution in [3.8, 4) is 0 Å². The number of nitrogens with zero attached hydrogens (tertiary/aromatic N) is 4. The fourth-order valence-corrected chi connectivity index (χ4v) is 7.81. The summed E-state index contributed by atoms with van der Waals surface area (Å²) in [6.07, 6.45) is 1.56. The van der Waals surface area contributed by atoms with Gasteiger partial charge < -0.3 is 4.57 Å². The zero-order valence-corrected chi connectivity index (χ0v) is 22.2. The average Bonchev–Trinajstić information content (AvgIpc) is 3.48. The van der Waals surface area contributed by atoms with E-state index in [1.54, 1.807) is 22.5 Å². The normalized spacial score (nSPS) is 15.7. The topological polar surface area (TPSA) is 68.1 Å². The standard InChI is InChI=1S/C27H25ClN4O2S2/c1-18-26(22-5-2-3-7-24(22)32(18)17-19-9-11-21(28)12-10-19)20-13-15-31(16-14-20)36(33,34)25-8-4-6-23-27(25)30-35-29-23/h2-12,20H,13-17H2,1H3. The lowest BCUT2D eigenvalue weighted by atomic mass is 9.88. The summed E-state index contributed by atoms with van der Waals surface area (Å²) in [5, 5.41) is 1.99. The number of fused-ring (bicyclic) bond motifs is 2. The second-order valence-corrected chi connectivity index (χ2v) is 12.2. The van der Waals surface area contributed by atoms with Crippen molar-refractivity contribution in [1.82, 2.24) is 17.6 Å². The Hall–Kier alpha value is -2.78. The summed E-state index contributed by atoms with van der Waals surface area (Å²) in [7, 11) is -3.63. The fraction of sp³-hybridized carbons (Fsp3) is 0.259. The van der Waals surface area contributed by atoms with Gasteiger partial charge in [0.2, 0.25) is 10.0 Å². The van der Waals surface area contributed by atoms with Crippen molar-refractivity contribution in [2.24, 2.45) is 0 Å². The molecular formula is C27H25ClN4O2S2. The van der Waals surface area contributed by atoms with Gasteiger partial charge in [-0.05, 0) is 67.1 Å². The minimum Gasteiger partial charge on any atom is -0.340 e. The van der Waals surface area contributed by atoms with Crippen LogP contribution in [0.25, 0.3) is 21.9 Å². The molecule has 0 atom stereocenters. The number of rotatable bonds is 5. The number of aromatic nitrogens is 3. The Kier molecular flexibility index (Phi) is 6.08. The summed E-state index contributed by atoms with van der Waals surface area (Å²) in [5.41, 5.74) is 6.07. The molecule has 1 aliphatic rings. The van der Waals surface area contributed by atoms with E-state index in [0.717, 1.165) is 36.1 Å². The maximum Gasteiger partial charge on any atom is 0.245 e. The van der Waals surface area contributed by atoms with Crippen molar-refractivity contribution in [1.29, 1.82) is 0 Å². The van der Waals surface area contributed by atoms with Gasteiger partial charge in [0.25, 0.3) is 0 Å². The number of halogens is 1. The van der Waals surface area contributed by atoms with Crippen LogP contribution in [0.4, 0.5) is 0 Å². The Morgan fingerprint density at radius 3 is 2.50 bits per heavy atom. The van der Waals surface area contributed by atoms with Crippen molar-refractivity contribution in [2.45, 2.75) is 37.1 Å². The fourth-order valence-electron chi connectivity index (χ4n) is 5.46. The summed E-state index contributed by atoms with van der Waals surface area (Å²) < 4.78 is 39.4. The van der Waals surface area contributed by atoms with Crippen LogP contribution in [0.5, 0.6) is 0 Å². The van der Waals surface area contributed by atoms with Gasteiger partial charge in [-0.2, -0.15) is 13.1 Å². The molecule has 9 heteroatoms. The molecule has 0 N–H and O–H groups in total. The van der Waals surface area contributed by atoms with Crippen LogP contribution in [0.1, 0.15) is 35.6 Å². The molecule has 1 saturated heterocycles. The van der Waals surface area contributed by atoms with Gasteiger partial charge in [-0.1, -0.05) is 48.0 Å². The molecule has 5 aromatic rings. The smallest absolute Gasteiger partial charge is 0.245 e. The van der Waals surface area contributed by atoms with Crippen LogP contribution in [0.15, 0.2) is 71.6 Å². The highest BCUT2D eigenvalue weighted by atomic mass is 35.5. The van der Waals surface area contributed by atoms with E-state index in [2.05, 4.69) is 56.6 Å². The van der Waals surface area contributed by atoms with Gasteiger partial charge in [0, 0.05) is 41.3 Å². The predicted octanol–water partition coefficient (Wildman–Crippen LogP) is 6.22. The number of piperidine rings is 1. The first kappa shape index (κ1) is 23.6. The second kappa shape index (κ2) is 9.27. The second-order valence-electron chi connectivity index (χ2n) is 9.30. The molecule has 0 unspecified atom stereocenters. The molecule has 0 aliphatic carbocycles. The molecule has 1 fully saturated rings. The van der Waals surface area contributed by atoms with Crippen LogP contribution in [0.2, 0.25) is 5.02 Å². The molecule has 3 aromatic carbocycles. The Morgan fingerprint density at radius 2 is 1.72 bits per heavy atom. The predicted molar refractivity (Wildman–Crippen MR) is 145 cm³/mol. The highest BCUT2D eigenvalue weighted by Crippen LogP contribution is 2.39. The first-order valence-electron chi connectivity index (χ1n) is 12.0. The third kappa shape index (κ3) is 4.02. The molecular weight excluding hydrogens is 512 g/mol. The SMILES string of the molecule is Cc1c(C2CCN(S(=O)(=O)c3cccc4nsnc34)CC2)c2ccccc2n1Cc1ccc(Cl)cc1. The summed E-state index contributed by atoms with van der Waals surface area (Å²) in [5.74, 6) is 0.296. The summed E-state index contributed by atoms with van der Waals surface area (Å²) >= 11 is 7.13. The molecule has 36 heavy (non-hydrogen) atoms. The molecule has 0 amide bonds. The maximum absolute atomic E-state index is 13.5. The lowest BCUT2D eigenvalue weighted by molar-refractivity contribution is 0.320. The molecule has 1 aliphatic heterocycles. The lowest BCUT2D eigenvalue weighted by Gasteiger charge is -2.31. The van der Waals surface area contributed by atoms with E-state index in [1.807, 2.05) is 12.1 Å². The zero-order valence-electron chi connectivity index (χ0n) is 19.8. The number of sulfonamides is 1. The van der Waals surface area contributed by atoms with Crippen molar-refractivity contribution in [3.05, 3.63) is 88.6 Å². The summed E-state index contributed by atoms with van der Waals surface area (Å²) in [6, 6.07) is 21.7. The van der Waals surface area contributed by atoms with Gasteiger partial charge in [0.15, 0.2) is 0 Å². The van der Waals surface area contributed by atoms with Crippen molar-refractivity contribution >= 4 is 55.3 Å². The quantitative estimate of drug-likeness (QED) is 0.267. The number of hydrogen-bond donors (Lipinski definition) is 0. The van der Waals surface area contributed by atoms with Gasteiger partial charge >= 0.3 is 0 Å². The highest BCUT2D eigenvalue weighted by Gasteiger charge is 2.33. The minimum atomic E-state index is -3.63. The first-order valence-corrected chi connectivity index (χ1v) is 14.5. The van der Waals surface area contributed by atoms with Crippen LogP contribution >= 0.6 is 23.3 Å². The van der Waals surface area contributed by atoms with E-state index >= 15 is 0 Å². The lowest BCUT2D eigenvalue weighted by Crippen LogP contribution is -2.38. The molecule has 6 rings (SSSR count). The van der Waals surface area contributed by atoms with Gasteiger partial charge in [0.1, 0.15) is 15.9 Å². The number of para-hydroxylation sites is 1. The molecule has 0 spiro atoms. The third-order valence-electron chi connectivity index (χ3n) is 7.26. The molecule has 0 bridgehead atoms. The van der Waals surface area contributed by atoms with E-state index in [1.165, 1.54) is 27.7 Å². The molecule has 3 heterocycles. The Balaban J connectivity index is 1.29. The van der Waals surface area contributed by atoms with Crippen LogP contribution in [-0.2, 0) is 16.6 Å². The molecule has 6 nitrogen and oxygen atoms in total. The van der Waals surface area contributed by atoms with Crippen LogP contribution < -0.4 is 0 Å². The molecule has 184 valence electrons. The van der Waals surface area contributed by atoms with Gasteiger partial charge in [-0.15, -0.1) is 0 Å². The Bertz CT molecular complexity index is 1670. The summed E-state index contributed by atoms with van der Waals surface area (Å²) in [6.45, 7) is 3.92. The maximum atomic E-state index is 13.5. The van der Waals surface area contributed by atoms with Crippen LogP contribution in [0, 0.1) is 6.92 Å². The van der Waals surface area contributed by atoms with Gasteiger partial charge in [0.05, 0.1) is 11.7 Å². The van der Waals surface area contributed by atoms with E-state index < -0.39 is 10.0 Å². The van der Waals surface area contributed by atoms with E-state index in [4.69, 9.17) is 11.6 Å².